The maximum absolute atomic E-state index is 12.9. The molecule has 0 bridgehead atoms. The number of carbonyl (C=O) groups excluding carboxylic acids is 3. The SMILES string of the molecule is CCN1C(=O)c2cccc3ccc(C(=O)NCCCC(C)C)c(c23)C1=O. The van der Waals surface area contributed by atoms with Crippen LogP contribution in [0.3, 0.4) is 0 Å². The van der Waals surface area contributed by atoms with Crippen LogP contribution in [-0.2, 0) is 0 Å². The molecule has 0 unspecified atom stereocenters. The molecule has 3 amide bonds. The molecule has 0 saturated heterocycles. The summed E-state index contributed by atoms with van der Waals surface area (Å²) in [4.78, 5) is 39.4. The molecule has 0 saturated carbocycles. The summed E-state index contributed by atoms with van der Waals surface area (Å²) >= 11 is 0. The number of hydrogen-bond donors (Lipinski definition) is 1. The average Bonchev–Trinajstić information content (AvgIpc) is 2.62. The molecule has 5 heteroatoms. The third kappa shape index (κ3) is 3.09. The third-order valence-electron chi connectivity index (χ3n) is 4.78. The minimum absolute atomic E-state index is 0.265. The molecule has 26 heavy (non-hydrogen) atoms. The van der Waals surface area contributed by atoms with Gasteiger partial charge in [0.05, 0.1) is 11.1 Å². The summed E-state index contributed by atoms with van der Waals surface area (Å²) in [6, 6.07) is 8.85. The summed E-state index contributed by atoms with van der Waals surface area (Å²) in [6.45, 7) is 6.89. The van der Waals surface area contributed by atoms with Gasteiger partial charge in [-0.15, -0.1) is 0 Å². The van der Waals surface area contributed by atoms with Crippen molar-refractivity contribution in [3.05, 3.63) is 47.0 Å². The van der Waals surface area contributed by atoms with Crippen molar-refractivity contribution in [3.63, 3.8) is 0 Å². The number of imide groups is 1. The summed E-state index contributed by atoms with van der Waals surface area (Å²) in [7, 11) is 0. The van der Waals surface area contributed by atoms with Crippen LogP contribution in [0.2, 0.25) is 0 Å². The number of hydrogen-bond acceptors (Lipinski definition) is 3. The second-order valence-corrected chi connectivity index (χ2v) is 7.04. The lowest BCUT2D eigenvalue weighted by Crippen LogP contribution is -2.41. The first-order chi connectivity index (χ1) is 12.5. The van der Waals surface area contributed by atoms with Gasteiger partial charge in [-0.25, -0.2) is 0 Å². The molecular formula is C21H24N2O3. The van der Waals surface area contributed by atoms with Crippen molar-refractivity contribution in [2.45, 2.75) is 33.6 Å². The fourth-order valence-electron chi connectivity index (χ4n) is 3.44. The van der Waals surface area contributed by atoms with E-state index in [1.807, 2.05) is 6.07 Å². The van der Waals surface area contributed by atoms with Crippen LogP contribution in [0.5, 0.6) is 0 Å². The smallest absolute Gasteiger partial charge is 0.262 e. The van der Waals surface area contributed by atoms with E-state index in [2.05, 4.69) is 19.2 Å². The van der Waals surface area contributed by atoms with Crippen LogP contribution < -0.4 is 5.32 Å². The van der Waals surface area contributed by atoms with E-state index in [-0.39, 0.29) is 18.4 Å². The van der Waals surface area contributed by atoms with Gasteiger partial charge in [0.15, 0.2) is 0 Å². The third-order valence-corrected chi connectivity index (χ3v) is 4.78. The van der Waals surface area contributed by atoms with Crippen molar-refractivity contribution in [2.24, 2.45) is 5.92 Å². The van der Waals surface area contributed by atoms with Crippen LogP contribution in [0.25, 0.3) is 10.8 Å². The van der Waals surface area contributed by atoms with Gasteiger partial charge >= 0.3 is 0 Å². The molecule has 0 fully saturated rings. The number of amides is 3. The van der Waals surface area contributed by atoms with E-state index in [1.165, 1.54) is 4.90 Å². The largest absolute Gasteiger partial charge is 0.352 e. The first-order valence-electron chi connectivity index (χ1n) is 9.15. The molecule has 2 aromatic rings. The summed E-state index contributed by atoms with van der Waals surface area (Å²) in [6.07, 6.45) is 1.93. The first-order valence-corrected chi connectivity index (χ1v) is 9.15. The minimum Gasteiger partial charge on any atom is -0.352 e. The Kier molecular flexibility index (Phi) is 5.07. The van der Waals surface area contributed by atoms with Crippen LogP contribution in [0.15, 0.2) is 30.3 Å². The van der Waals surface area contributed by atoms with Crippen molar-refractivity contribution in [2.75, 3.05) is 13.1 Å². The highest BCUT2D eigenvalue weighted by atomic mass is 16.2. The summed E-state index contributed by atoms with van der Waals surface area (Å²) in [5.74, 6) is -0.375. The predicted octanol–water partition coefficient (Wildman–Crippen LogP) is 3.62. The quantitative estimate of drug-likeness (QED) is 0.638. The van der Waals surface area contributed by atoms with Gasteiger partial charge in [0, 0.05) is 24.0 Å². The number of rotatable bonds is 6. The molecule has 1 heterocycles. The Morgan fingerprint density at radius 1 is 1.12 bits per heavy atom. The highest BCUT2D eigenvalue weighted by molar-refractivity contribution is 6.28. The van der Waals surface area contributed by atoms with E-state index in [0.29, 0.717) is 34.5 Å². The number of benzene rings is 2. The second-order valence-electron chi connectivity index (χ2n) is 7.04. The van der Waals surface area contributed by atoms with E-state index < -0.39 is 5.91 Å². The molecule has 0 aliphatic carbocycles. The van der Waals surface area contributed by atoms with E-state index in [0.717, 1.165) is 18.2 Å². The molecule has 0 radical (unpaired) electrons. The predicted molar refractivity (Wildman–Crippen MR) is 101 cm³/mol. The fourth-order valence-corrected chi connectivity index (χ4v) is 3.44. The Morgan fingerprint density at radius 2 is 1.88 bits per heavy atom. The van der Waals surface area contributed by atoms with Gasteiger partial charge in [0.1, 0.15) is 0 Å². The van der Waals surface area contributed by atoms with Crippen LogP contribution in [0, 0.1) is 5.92 Å². The number of nitrogens with one attached hydrogen (secondary N) is 1. The van der Waals surface area contributed by atoms with Gasteiger partial charge in [-0.1, -0.05) is 32.0 Å². The molecule has 0 aromatic heterocycles. The van der Waals surface area contributed by atoms with Crippen molar-refractivity contribution >= 4 is 28.5 Å². The Bertz CT molecular complexity index is 886. The number of carbonyl (C=O) groups is 3. The van der Waals surface area contributed by atoms with Crippen molar-refractivity contribution in [1.82, 2.24) is 10.2 Å². The fraction of sp³-hybridized carbons (Fsp3) is 0.381. The van der Waals surface area contributed by atoms with Gasteiger partial charge in [0.2, 0.25) is 0 Å². The van der Waals surface area contributed by atoms with Crippen molar-refractivity contribution in [1.29, 1.82) is 0 Å². The molecule has 136 valence electrons. The molecule has 0 atom stereocenters. The highest BCUT2D eigenvalue weighted by Crippen LogP contribution is 2.32. The lowest BCUT2D eigenvalue weighted by Gasteiger charge is -2.27. The van der Waals surface area contributed by atoms with Crippen LogP contribution in [0.4, 0.5) is 0 Å². The number of nitrogens with zero attached hydrogens (tertiary/aromatic N) is 1. The van der Waals surface area contributed by atoms with Gasteiger partial charge in [-0.3, -0.25) is 19.3 Å². The minimum atomic E-state index is -0.394. The lowest BCUT2D eigenvalue weighted by molar-refractivity contribution is 0.0616. The van der Waals surface area contributed by atoms with E-state index >= 15 is 0 Å². The molecule has 0 spiro atoms. The summed E-state index contributed by atoms with van der Waals surface area (Å²) < 4.78 is 0. The van der Waals surface area contributed by atoms with Gasteiger partial charge in [0.25, 0.3) is 17.7 Å². The molecular weight excluding hydrogens is 328 g/mol. The highest BCUT2D eigenvalue weighted by Gasteiger charge is 2.34. The molecule has 1 N–H and O–H groups in total. The van der Waals surface area contributed by atoms with Crippen LogP contribution in [0.1, 0.15) is 64.7 Å². The van der Waals surface area contributed by atoms with E-state index in [9.17, 15) is 14.4 Å². The molecule has 1 aliphatic rings. The molecule has 5 nitrogen and oxygen atoms in total. The average molecular weight is 352 g/mol. The lowest BCUT2D eigenvalue weighted by atomic mass is 9.90. The maximum Gasteiger partial charge on any atom is 0.262 e. The zero-order valence-corrected chi connectivity index (χ0v) is 15.5. The topological polar surface area (TPSA) is 66.5 Å². The maximum atomic E-state index is 12.9. The van der Waals surface area contributed by atoms with Crippen molar-refractivity contribution in [3.8, 4) is 0 Å². The Labute approximate surface area is 153 Å². The monoisotopic (exact) mass is 352 g/mol. The molecule has 1 aliphatic heterocycles. The summed E-state index contributed by atoms with van der Waals surface area (Å²) in [5.41, 5.74) is 1.15. The normalized spacial score (nSPS) is 13.6. The van der Waals surface area contributed by atoms with Crippen molar-refractivity contribution < 1.29 is 14.4 Å². The standard InChI is InChI=1S/C21H24N2O3/c1-4-23-20(25)16-9-5-8-14-10-11-15(18(17(14)16)21(23)26)19(24)22-12-6-7-13(2)3/h5,8-11,13H,4,6-7,12H2,1-3H3,(H,22,24). The Balaban J connectivity index is 2.01. The second kappa shape index (κ2) is 7.28. The summed E-state index contributed by atoms with van der Waals surface area (Å²) in [5, 5.41) is 4.29. The Morgan fingerprint density at radius 3 is 2.58 bits per heavy atom. The van der Waals surface area contributed by atoms with E-state index in [1.54, 1.807) is 31.2 Å². The first kappa shape index (κ1) is 18.1. The Hall–Kier alpha value is -2.69. The molecule has 3 rings (SSSR count). The zero-order chi connectivity index (χ0) is 18.8. The molecule has 2 aromatic carbocycles. The van der Waals surface area contributed by atoms with E-state index in [4.69, 9.17) is 0 Å². The van der Waals surface area contributed by atoms with Crippen LogP contribution in [-0.4, -0.2) is 35.7 Å². The van der Waals surface area contributed by atoms with Gasteiger partial charge in [-0.05, 0) is 43.2 Å². The zero-order valence-electron chi connectivity index (χ0n) is 15.5. The van der Waals surface area contributed by atoms with Crippen LogP contribution >= 0.6 is 0 Å². The van der Waals surface area contributed by atoms with Gasteiger partial charge in [-0.2, -0.15) is 0 Å². The van der Waals surface area contributed by atoms with Gasteiger partial charge < -0.3 is 5.32 Å².